The lowest BCUT2D eigenvalue weighted by atomic mass is 10.1. The quantitative estimate of drug-likeness (QED) is 0.743. The summed E-state index contributed by atoms with van der Waals surface area (Å²) in [6.07, 6.45) is 2.82. The van der Waals surface area contributed by atoms with E-state index in [-0.39, 0.29) is 11.8 Å². The lowest BCUT2D eigenvalue weighted by Crippen LogP contribution is -2.22. The molecule has 6 heteroatoms. The van der Waals surface area contributed by atoms with Crippen molar-refractivity contribution in [2.75, 3.05) is 31.8 Å². The summed E-state index contributed by atoms with van der Waals surface area (Å²) < 4.78 is 33.3. The second-order valence-electron chi connectivity index (χ2n) is 5.35. The van der Waals surface area contributed by atoms with E-state index < -0.39 is 9.84 Å². The standard InChI is InChI=1S/C15H23NO4S/c1-3-7-16-14-11-20-15-10-12(5-6-13(14)15)19-8-4-9-21(2,17)18/h5-6,10,14,16H,3-4,7-9,11H2,1-2H3. The number of hydrogen-bond donors (Lipinski definition) is 1. The van der Waals surface area contributed by atoms with Gasteiger partial charge in [0.15, 0.2) is 0 Å². The van der Waals surface area contributed by atoms with Gasteiger partial charge < -0.3 is 14.8 Å². The van der Waals surface area contributed by atoms with Gasteiger partial charge in [0.25, 0.3) is 0 Å². The second kappa shape index (κ2) is 7.13. The Morgan fingerprint density at radius 3 is 2.95 bits per heavy atom. The summed E-state index contributed by atoms with van der Waals surface area (Å²) in [5, 5.41) is 3.44. The molecule has 0 amide bonds. The van der Waals surface area contributed by atoms with Crippen molar-refractivity contribution in [1.82, 2.24) is 5.32 Å². The summed E-state index contributed by atoms with van der Waals surface area (Å²) >= 11 is 0. The highest BCUT2D eigenvalue weighted by Gasteiger charge is 2.23. The van der Waals surface area contributed by atoms with Crippen LogP contribution >= 0.6 is 0 Å². The van der Waals surface area contributed by atoms with Crippen LogP contribution in [-0.2, 0) is 9.84 Å². The van der Waals surface area contributed by atoms with Crippen molar-refractivity contribution >= 4 is 9.84 Å². The van der Waals surface area contributed by atoms with Crippen molar-refractivity contribution in [3.63, 3.8) is 0 Å². The van der Waals surface area contributed by atoms with Crippen LogP contribution in [0.25, 0.3) is 0 Å². The molecular weight excluding hydrogens is 290 g/mol. The van der Waals surface area contributed by atoms with Gasteiger partial charge in [-0.1, -0.05) is 6.92 Å². The molecule has 0 saturated carbocycles. The molecule has 0 saturated heterocycles. The maximum atomic E-state index is 11.0. The minimum Gasteiger partial charge on any atom is -0.493 e. The van der Waals surface area contributed by atoms with Gasteiger partial charge in [0.1, 0.15) is 27.9 Å². The first kappa shape index (κ1) is 16.1. The zero-order chi connectivity index (χ0) is 15.3. The first-order chi connectivity index (χ1) is 9.99. The average molecular weight is 313 g/mol. The third kappa shape index (κ3) is 4.89. The van der Waals surface area contributed by atoms with E-state index in [4.69, 9.17) is 9.47 Å². The molecule has 1 heterocycles. The van der Waals surface area contributed by atoms with Gasteiger partial charge in [-0.3, -0.25) is 0 Å². The zero-order valence-corrected chi connectivity index (χ0v) is 13.4. The van der Waals surface area contributed by atoms with E-state index in [2.05, 4.69) is 12.2 Å². The van der Waals surface area contributed by atoms with Gasteiger partial charge in [-0.25, -0.2) is 8.42 Å². The fourth-order valence-corrected chi connectivity index (χ4v) is 2.92. The van der Waals surface area contributed by atoms with Crippen LogP contribution in [0.5, 0.6) is 11.5 Å². The molecule has 1 atom stereocenters. The largest absolute Gasteiger partial charge is 0.493 e. The lowest BCUT2D eigenvalue weighted by molar-refractivity contribution is 0.303. The topological polar surface area (TPSA) is 64.6 Å². The summed E-state index contributed by atoms with van der Waals surface area (Å²) in [5.41, 5.74) is 1.16. The van der Waals surface area contributed by atoms with Crippen LogP contribution in [-0.4, -0.2) is 40.2 Å². The van der Waals surface area contributed by atoms with Crippen LogP contribution in [0.1, 0.15) is 31.4 Å². The van der Waals surface area contributed by atoms with E-state index >= 15 is 0 Å². The van der Waals surface area contributed by atoms with Crippen LogP contribution in [0.15, 0.2) is 18.2 Å². The monoisotopic (exact) mass is 313 g/mol. The molecule has 1 N–H and O–H groups in total. The summed E-state index contributed by atoms with van der Waals surface area (Å²) in [6, 6.07) is 6.05. The van der Waals surface area contributed by atoms with Gasteiger partial charge in [0, 0.05) is 17.9 Å². The number of rotatable bonds is 8. The van der Waals surface area contributed by atoms with E-state index in [9.17, 15) is 8.42 Å². The molecule has 1 unspecified atom stereocenters. The summed E-state index contributed by atoms with van der Waals surface area (Å²) in [6.45, 7) is 4.14. The first-order valence-electron chi connectivity index (χ1n) is 7.30. The summed E-state index contributed by atoms with van der Waals surface area (Å²) in [4.78, 5) is 0. The lowest BCUT2D eigenvalue weighted by Gasteiger charge is -2.11. The van der Waals surface area contributed by atoms with Gasteiger partial charge >= 0.3 is 0 Å². The Labute approximate surface area is 126 Å². The van der Waals surface area contributed by atoms with Gasteiger partial charge in [0.2, 0.25) is 0 Å². The number of fused-ring (bicyclic) bond motifs is 1. The fourth-order valence-electron chi connectivity index (χ4n) is 2.28. The van der Waals surface area contributed by atoms with Gasteiger partial charge in [-0.05, 0) is 31.5 Å². The Hall–Kier alpha value is -1.27. The van der Waals surface area contributed by atoms with Crippen LogP contribution in [0.2, 0.25) is 0 Å². The predicted molar refractivity (Wildman–Crippen MR) is 82.8 cm³/mol. The van der Waals surface area contributed by atoms with Crippen molar-refractivity contribution in [2.45, 2.75) is 25.8 Å². The van der Waals surface area contributed by atoms with Crippen LogP contribution in [0.3, 0.4) is 0 Å². The van der Waals surface area contributed by atoms with Crippen molar-refractivity contribution in [2.24, 2.45) is 0 Å². The maximum Gasteiger partial charge on any atom is 0.147 e. The Morgan fingerprint density at radius 2 is 2.24 bits per heavy atom. The molecule has 1 aromatic rings. The summed E-state index contributed by atoms with van der Waals surface area (Å²) in [5.74, 6) is 1.72. The third-order valence-corrected chi connectivity index (χ3v) is 4.37. The number of hydrogen-bond acceptors (Lipinski definition) is 5. The molecule has 21 heavy (non-hydrogen) atoms. The normalized spacial score (nSPS) is 17.3. The highest BCUT2D eigenvalue weighted by Crippen LogP contribution is 2.35. The predicted octanol–water partition coefficient (Wildman–Crippen LogP) is 1.93. The van der Waals surface area contributed by atoms with E-state index in [0.29, 0.717) is 19.6 Å². The van der Waals surface area contributed by atoms with Crippen molar-refractivity contribution in [3.8, 4) is 11.5 Å². The molecule has 0 radical (unpaired) electrons. The molecule has 0 bridgehead atoms. The molecule has 0 aromatic heterocycles. The third-order valence-electron chi connectivity index (χ3n) is 3.33. The molecular formula is C15H23NO4S. The number of nitrogens with one attached hydrogen (secondary N) is 1. The molecule has 1 aliphatic rings. The van der Waals surface area contributed by atoms with E-state index in [0.717, 1.165) is 30.0 Å². The molecule has 5 nitrogen and oxygen atoms in total. The fraction of sp³-hybridized carbons (Fsp3) is 0.600. The Morgan fingerprint density at radius 1 is 1.43 bits per heavy atom. The highest BCUT2D eigenvalue weighted by molar-refractivity contribution is 7.90. The Kier molecular flexibility index (Phi) is 5.47. The molecule has 118 valence electrons. The Bertz CT molecular complexity index is 571. The first-order valence-corrected chi connectivity index (χ1v) is 9.36. The van der Waals surface area contributed by atoms with Gasteiger partial charge in [-0.15, -0.1) is 0 Å². The molecule has 1 aliphatic heterocycles. The van der Waals surface area contributed by atoms with Crippen molar-refractivity contribution < 1.29 is 17.9 Å². The molecule has 0 spiro atoms. The SMILES string of the molecule is CCCNC1COc2cc(OCCCS(C)(=O)=O)ccc21. The van der Waals surface area contributed by atoms with Crippen LogP contribution in [0, 0.1) is 0 Å². The van der Waals surface area contributed by atoms with Crippen molar-refractivity contribution in [1.29, 1.82) is 0 Å². The summed E-state index contributed by atoms with van der Waals surface area (Å²) in [7, 11) is -2.92. The molecule has 1 aromatic carbocycles. The minimum absolute atomic E-state index is 0.150. The van der Waals surface area contributed by atoms with Crippen molar-refractivity contribution in [3.05, 3.63) is 23.8 Å². The van der Waals surface area contributed by atoms with Crippen LogP contribution in [0.4, 0.5) is 0 Å². The zero-order valence-electron chi connectivity index (χ0n) is 12.6. The average Bonchev–Trinajstić information content (AvgIpc) is 2.83. The van der Waals surface area contributed by atoms with Crippen LogP contribution < -0.4 is 14.8 Å². The highest BCUT2D eigenvalue weighted by atomic mass is 32.2. The number of sulfone groups is 1. The molecule has 0 fully saturated rings. The van der Waals surface area contributed by atoms with Gasteiger partial charge in [0.05, 0.1) is 18.4 Å². The van der Waals surface area contributed by atoms with E-state index in [1.54, 1.807) is 0 Å². The molecule has 0 aliphatic carbocycles. The smallest absolute Gasteiger partial charge is 0.147 e. The Balaban J connectivity index is 1.87. The second-order valence-corrected chi connectivity index (χ2v) is 7.61. The van der Waals surface area contributed by atoms with E-state index in [1.165, 1.54) is 6.26 Å². The maximum absolute atomic E-state index is 11.0. The number of benzene rings is 1. The minimum atomic E-state index is -2.92. The molecule has 2 rings (SSSR count). The van der Waals surface area contributed by atoms with E-state index in [1.807, 2.05) is 18.2 Å². The number of ether oxygens (including phenoxy) is 2. The van der Waals surface area contributed by atoms with Gasteiger partial charge in [-0.2, -0.15) is 0 Å².